The highest BCUT2D eigenvalue weighted by Crippen LogP contribution is 2.75. The summed E-state index contributed by atoms with van der Waals surface area (Å²) in [5, 5.41) is 11.0. The van der Waals surface area contributed by atoms with E-state index < -0.39 is 0 Å². The first kappa shape index (κ1) is 25.3. The molecule has 2 heteroatoms. The lowest BCUT2D eigenvalue weighted by Gasteiger charge is -2.72. The van der Waals surface area contributed by atoms with Crippen LogP contribution in [0.25, 0.3) is 0 Å². The second-order valence-electron chi connectivity index (χ2n) is 15.8. The lowest BCUT2D eigenvalue weighted by molar-refractivity contribution is -0.230. The monoisotopic (exact) mass is 470 g/mol. The first-order valence-electron chi connectivity index (χ1n) is 14.7. The minimum atomic E-state index is -0.175. The van der Waals surface area contributed by atoms with Crippen molar-refractivity contribution in [3.8, 4) is 0 Å². The van der Waals surface area contributed by atoms with E-state index in [1.54, 1.807) is 5.57 Å². The van der Waals surface area contributed by atoms with Gasteiger partial charge in [-0.05, 0) is 109 Å². The van der Waals surface area contributed by atoms with Crippen LogP contribution in [0.3, 0.4) is 0 Å². The van der Waals surface area contributed by atoms with Gasteiger partial charge in [-0.25, -0.2) is 0 Å². The fourth-order valence-corrected chi connectivity index (χ4v) is 10.9. The molecule has 0 unspecified atom stereocenters. The summed E-state index contributed by atoms with van der Waals surface area (Å²) < 4.78 is 6.75. The maximum Gasteiger partial charge on any atom is 0.0797 e. The van der Waals surface area contributed by atoms with Crippen molar-refractivity contribution in [3.63, 3.8) is 0 Å². The molecule has 194 valence electrons. The molecule has 4 fully saturated rings. The zero-order chi connectivity index (χ0) is 24.9. The van der Waals surface area contributed by atoms with Crippen LogP contribution in [-0.2, 0) is 4.74 Å². The van der Waals surface area contributed by atoms with Crippen molar-refractivity contribution >= 4 is 0 Å². The maximum absolute atomic E-state index is 11.0. The van der Waals surface area contributed by atoms with Gasteiger partial charge in [0.1, 0.15) is 0 Å². The highest BCUT2D eigenvalue weighted by atomic mass is 16.5. The van der Waals surface area contributed by atoms with Gasteiger partial charge in [-0.2, -0.15) is 0 Å². The van der Waals surface area contributed by atoms with Gasteiger partial charge in [-0.3, -0.25) is 0 Å². The Hall–Kier alpha value is -0.340. The molecule has 5 aliphatic rings. The fraction of sp³-hybridized carbons (Fsp3) is 0.938. The van der Waals surface area contributed by atoms with Gasteiger partial charge in [-0.15, -0.1) is 0 Å². The van der Waals surface area contributed by atoms with Crippen LogP contribution in [0, 0.1) is 50.2 Å². The number of fused-ring (bicyclic) bond motifs is 7. The molecule has 0 aromatic rings. The molecular weight excluding hydrogens is 416 g/mol. The van der Waals surface area contributed by atoms with E-state index in [0.29, 0.717) is 28.6 Å². The third-order valence-corrected chi connectivity index (χ3v) is 13.3. The first-order chi connectivity index (χ1) is 15.6. The summed E-state index contributed by atoms with van der Waals surface area (Å²) in [4.78, 5) is 0. The Morgan fingerprint density at radius 3 is 2.24 bits per heavy atom. The summed E-state index contributed by atoms with van der Waals surface area (Å²) in [6, 6.07) is 0. The molecule has 0 aromatic carbocycles. The van der Waals surface area contributed by atoms with Gasteiger partial charge in [-0.1, -0.05) is 67.0 Å². The van der Waals surface area contributed by atoms with Crippen LogP contribution in [-0.4, -0.2) is 23.9 Å². The number of aliphatic hydroxyl groups excluding tert-OH is 1. The summed E-state index contributed by atoms with van der Waals surface area (Å²) in [6.07, 6.45) is 14.1. The number of aliphatic hydroxyl groups is 1. The molecular formula is C32H54O2. The van der Waals surface area contributed by atoms with Crippen molar-refractivity contribution in [1.29, 1.82) is 0 Å². The van der Waals surface area contributed by atoms with Crippen LogP contribution in [0.2, 0.25) is 0 Å². The zero-order valence-corrected chi connectivity index (χ0v) is 23.9. The van der Waals surface area contributed by atoms with Crippen LogP contribution in [0.1, 0.15) is 120 Å². The van der Waals surface area contributed by atoms with Crippen LogP contribution in [0.4, 0.5) is 0 Å². The molecule has 4 saturated carbocycles. The number of allylic oxidation sites excluding steroid dienone is 1. The maximum atomic E-state index is 11.0. The molecule has 0 heterocycles. The Labute approximate surface area is 210 Å². The average Bonchev–Trinajstić information content (AvgIpc) is 2.74. The second-order valence-corrected chi connectivity index (χ2v) is 15.8. The fourth-order valence-electron chi connectivity index (χ4n) is 10.9. The topological polar surface area (TPSA) is 29.5 Å². The lowest BCUT2D eigenvalue weighted by atomic mass is 9.33. The van der Waals surface area contributed by atoms with Crippen molar-refractivity contribution in [2.45, 2.75) is 132 Å². The minimum Gasteiger partial charge on any atom is -0.393 e. The zero-order valence-electron chi connectivity index (χ0n) is 23.9. The van der Waals surface area contributed by atoms with Gasteiger partial charge in [0.25, 0.3) is 0 Å². The quantitative estimate of drug-likeness (QED) is 0.412. The summed E-state index contributed by atoms with van der Waals surface area (Å²) >= 11 is 0. The molecule has 0 aromatic heterocycles. The van der Waals surface area contributed by atoms with Gasteiger partial charge >= 0.3 is 0 Å². The van der Waals surface area contributed by atoms with Crippen molar-refractivity contribution in [2.24, 2.45) is 50.2 Å². The first-order valence-corrected chi connectivity index (χ1v) is 14.7. The van der Waals surface area contributed by atoms with Gasteiger partial charge in [0, 0.05) is 12.5 Å². The number of ether oxygens (including phenoxy) is 1. The molecule has 5 aliphatic carbocycles. The standard InChI is InChI=1S/C32H54O2/c1-10-34-23-19-21-22-20-27(2,3)15-16-29(22,6)17-18-31(21,8)32(9)14-11-24-28(4,5)25(33)12-13-30(24,7)26(23)32/h19,22-26,33H,10-18,20H2,1-9H3/t22-,23-,24+,25+,26-,29-,30+,31-,32-/m1/s1. The molecule has 0 radical (unpaired) electrons. The Bertz CT molecular complexity index is 855. The number of rotatable bonds is 2. The van der Waals surface area contributed by atoms with Crippen LogP contribution in [0.15, 0.2) is 11.6 Å². The van der Waals surface area contributed by atoms with Crippen LogP contribution < -0.4 is 0 Å². The van der Waals surface area contributed by atoms with Crippen LogP contribution >= 0.6 is 0 Å². The van der Waals surface area contributed by atoms with Crippen LogP contribution in [0.5, 0.6) is 0 Å². The lowest BCUT2D eigenvalue weighted by Crippen LogP contribution is -2.67. The van der Waals surface area contributed by atoms with Gasteiger partial charge < -0.3 is 9.84 Å². The van der Waals surface area contributed by atoms with Gasteiger partial charge in [0.15, 0.2) is 0 Å². The van der Waals surface area contributed by atoms with Crippen molar-refractivity contribution in [1.82, 2.24) is 0 Å². The molecule has 0 aliphatic heterocycles. The minimum absolute atomic E-state index is 0.0193. The summed E-state index contributed by atoms with van der Waals surface area (Å²) in [5.41, 5.74) is 3.39. The predicted octanol–water partition coefficient (Wildman–Crippen LogP) is 8.18. The van der Waals surface area contributed by atoms with E-state index >= 15 is 0 Å². The largest absolute Gasteiger partial charge is 0.393 e. The number of hydrogen-bond acceptors (Lipinski definition) is 2. The van der Waals surface area contributed by atoms with Crippen molar-refractivity contribution < 1.29 is 9.84 Å². The van der Waals surface area contributed by atoms with E-state index in [0.717, 1.165) is 19.4 Å². The molecule has 5 rings (SSSR count). The SMILES string of the molecule is CCO[C@@H]1C=C2[C@H]3CC(C)(C)CC[C@]3(C)CC[C@@]2(C)[C@]2(C)CC[C@H]3C(C)(C)[C@@H](O)CC[C@]3(C)[C@@H]12. The molecule has 0 saturated heterocycles. The summed E-state index contributed by atoms with van der Waals surface area (Å²) in [7, 11) is 0. The third-order valence-electron chi connectivity index (χ3n) is 13.3. The summed E-state index contributed by atoms with van der Waals surface area (Å²) in [6.45, 7) is 23.2. The molecule has 2 nitrogen and oxygen atoms in total. The van der Waals surface area contributed by atoms with E-state index in [2.05, 4.69) is 68.4 Å². The van der Waals surface area contributed by atoms with E-state index in [-0.39, 0.29) is 33.9 Å². The molecule has 0 bridgehead atoms. The molecule has 1 N–H and O–H groups in total. The second kappa shape index (κ2) is 7.59. The normalized spacial score (nSPS) is 53.6. The van der Waals surface area contributed by atoms with Crippen molar-refractivity contribution in [2.75, 3.05) is 6.61 Å². The predicted molar refractivity (Wildman–Crippen MR) is 142 cm³/mol. The Morgan fingerprint density at radius 1 is 0.882 bits per heavy atom. The molecule has 0 amide bonds. The smallest absolute Gasteiger partial charge is 0.0797 e. The Balaban J connectivity index is 1.66. The van der Waals surface area contributed by atoms with Gasteiger partial charge in [0.2, 0.25) is 0 Å². The van der Waals surface area contributed by atoms with E-state index in [9.17, 15) is 5.11 Å². The molecule has 0 spiro atoms. The van der Waals surface area contributed by atoms with E-state index in [1.165, 1.54) is 44.9 Å². The summed E-state index contributed by atoms with van der Waals surface area (Å²) in [5.74, 6) is 1.79. The Kier molecular flexibility index (Phi) is 5.65. The number of hydrogen-bond donors (Lipinski definition) is 1. The molecule has 34 heavy (non-hydrogen) atoms. The van der Waals surface area contributed by atoms with E-state index in [1.807, 2.05) is 0 Å². The average molecular weight is 471 g/mol. The highest BCUT2D eigenvalue weighted by Gasteiger charge is 2.69. The molecule has 9 atom stereocenters. The van der Waals surface area contributed by atoms with Gasteiger partial charge in [0.05, 0.1) is 12.2 Å². The Morgan fingerprint density at radius 2 is 1.56 bits per heavy atom. The highest BCUT2D eigenvalue weighted by molar-refractivity contribution is 5.35. The van der Waals surface area contributed by atoms with E-state index in [4.69, 9.17) is 4.74 Å². The van der Waals surface area contributed by atoms with Crippen molar-refractivity contribution in [3.05, 3.63) is 11.6 Å². The third kappa shape index (κ3) is 3.19.